The average molecular weight is 613 g/mol. The van der Waals surface area contributed by atoms with E-state index < -0.39 is 0 Å². The van der Waals surface area contributed by atoms with Crippen molar-refractivity contribution in [3.63, 3.8) is 0 Å². The normalized spacial score (nSPS) is 11.7. The van der Waals surface area contributed by atoms with Gasteiger partial charge >= 0.3 is 0 Å². The molecular weight excluding hydrogens is 589 g/mol. The molecule has 6 nitrogen and oxygen atoms in total. The van der Waals surface area contributed by atoms with E-state index >= 15 is 0 Å². The highest BCUT2D eigenvalue weighted by Crippen LogP contribution is 2.37. The molecule has 7 aromatic carbocycles. The summed E-state index contributed by atoms with van der Waals surface area (Å²) in [5, 5.41) is 18.7. The van der Waals surface area contributed by atoms with Gasteiger partial charge in [0.1, 0.15) is 0 Å². The second kappa shape index (κ2) is 10.1. The number of aromatic nitrogens is 5. The van der Waals surface area contributed by atoms with E-state index in [1.807, 2.05) is 42.5 Å². The van der Waals surface area contributed by atoms with Crippen molar-refractivity contribution in [3.05, 3.63) is 151 Å². The Labute approximate surface area is 274 Å². The Hall–Kier alpha value is -6.84. The molecule has 0 amide bonds. The summed E-state index contributed by atoms with van der Waals surface area (Å²) >= 11 is 0. The molecule has 0 radical (unpaired) electrons. The lowest BCUT2D eigenvalue weighted by molar-refractivity contribution is 0.893. The van der Waals surface area contributed by atoms with Crippen LogP contribution < -0.4 is 0 Å². The molecule has 6 heteroatoms. The molecule has 0 N–H and O–H groups in total. The third-order valence-corrected chi connectivity index (χ3v) is 9.42. The lowest BCUT2D eigenvalue weighted by Gasteiger charge is -2.14. The monoisotopic (exact) mass is 612 g/mol. The second-order valence-electron chi connectivity index (χ2n) is 12.0. The van der Waals surface area contributed by atoms with Crippen molar-refractivity contribution in [1.29, 1.82) is 5.26 Å². The van der Waals surface area contributed by atoms with E-state index in [0.29, 0.717) is 23.3 Å². The SMILES string of the molecule is N#Cc1cccc2c1c1ccccc1n2-c1nc(-c2cc3ccccc3c3ccccc23)nc(-n2c3ccccc3c3ccccc32)n1. The van der Waals surface area contributed by atoms with Gasteiger partial charge in [0.25, 0.3) is 0 Å². The lowest BCUT2D eigenvalue weighted by atomic mass is 9.97. The second-order valence-corrected chi connectivity index (χ2v) is 12.0. The Balaban J connectivity index is 1.38. The predicted molar refractivity (Wildman–Crippen MR) is 194 cm³/mol. The van der Waals surface area contributed by atoms with Crippen molar-refractivity contribution < 1.29 is 0 Å². The lowest BCUT2D eigenvalue weighted by Crippen LogP contribution is -2.10. The molecule has 0 spiro atoms. The van der Waals surface area contributed by atoms with Gasteiger partial charge in [-0.3, -0.25) is 9.13 Å². The molecule has 0 aliphatic carbocycles. The number of nitriles is 1. The maximum absolute atomic E-state index is 10.1. The Morgan fingerprint density at radius 2 is 0.938 bits per heavy atom. The highest BCUT2D eigenvalue weighted by atomic mass is 15.3. The molecule has 3 aromatic heterocycles. The molecule has 10 aromatic rings. The van der Waals surface area contributed by atoms with Crippen LogP contribution in [0.3, 0.4) is 0 Å². The van der Waals surface area contributed by atoms with Crippen molar-refractivity contribution in [2.75, 3.05) is 0 Å². The van der Waals surface area contributed by atoms with Gasteiger partial charge in [0, 0.05) is 27.1 Å². The minimum absolute atomic E-state index is 0.482. The Bertz CT molecular complexity index is 2920. The van der Waals surface area contributed by atoms with Crippen LogP contribution in [0.25, 0.3) is 88.4 Å². The maximum Gasteiger partial charge on any atom is 0.240 e. The summed E-state index contributed by atoms with van der Waals surface area (Å²) in [4.78, 5) is 15.8. The van der Waals surface area contributed by atoms with Gasteiger partial charge in [-0.15, -0.1) is 0 Å². The summed E-state index contributed by atoms with van der Waals surface area (Å²) in [6, 6.07) is 52.2. The number of benzene rings is 7. The van der Waals surface area contributed by atoms with Gasteiger partial charge in [0.05, 0.1) is 33.7 Å². The van der Waals surface area contributed by atoms with Gasteiger partial charge in [-0.05, 0) is 57.9 Å². The van der Waals surface area contributed by atoms with Crippen LogP contribution in [0.1, 0.15) is 5.56 Å². The van der Waals surface area contributed by atoms with E-state index in [1.54, 1.807) is 0 Å². The molecule has 0 fully saturated rings. The van der Waals surface area contributed by atoms with Gasteiger partial charge < -0.3 is 0 Å². The van der Waals surface area contributed by atoms with Gasteiger partial charge in [0.2, 0.25) is 11.9 Å². The van der Waals surface area contributed by atoms with E-state index in [-0.39, 0.29) is 0 Å². The molecule has 0 bridgehead atoms. The summed E-state index contributed by atoms with van der Waals surface area (Å²) in [6.45, 7) is 0. The van der Waals surface area contributed by atoms with Crippen LogP contribution >= 0.6 is 0 Å². The highest BCUT2D eigenvalue weighted by Gasteiger charge is 2.22. The van der Waals surface area contributed by atoms with Gasteiger partial charge in [0.15, 0.2) is 5.82 Å². The summed E-state index contributed by atoms with van der Waals surface area (Å²) in [5.41, 5.74) is 5.35. The van der Waals surface area contributed by atoms with Gasteiger partial charge in [-0.1, -0.05) is 109 Å². The van der Waals surface area contributed by atoms with E-state index in [2.05, 4.69) is 118 Å². The van der Waals surface area contributed by atoms with Crippen LogP contribution in [0.2, 0.25) is 0 Å². The fourth-order valence-corrected chi connectivity index (χ4v) is 7.38. The summed E-state index contributed by atoms with van der Waals surface area (Å²) in [5.74, 6) is 1.57. The van der Waals surface area contributed by atoms with E-state index in [0.717, 1.165) is 65.3 Å². The third kappa shape index (κ3) is 3.70. The fourth-order valence-electron chi connectivity index (χ4n) is 7.38. The quantitative estimate of drug-likeness (QED) is 0.186. The molecule has 10 rings (SSSR count). The number of hydrogen-bond donors (Lipinski definition) is 0. The maximum atomic E-state index is 10.1. The molecular formula is C42H24N6. The van der Waals surface area contributed by atoms with Crippen LogP contribution in [0.5, 0.6) is 0 Å². The number of nitrogens with zero attached hydrogens (tertiary/aromatic N) is 6. The molecule has 0 aliphatic heterocycles. The number of para-hydroxylation sites is 3. The predicted octanol–water partition coefficient (Wildman–Crippen LogP) is 9.91. The first kappa shape index (κ1) is 26.4. The summed E-state index contributed by atoms with van der Waals surface area (Å²) < 4.78 is 4.20. The van der Waals surface area contributed by atoms with Crippen molar-refractivity contribution in [2.24, 2.45) is 0 Å². The van der Waals surface area contributed by atoms with Crippen LogP contribution in [0.15, 0.2) is 146 Å². The van der Waals surface area contributed by atoms with Gasteiger partial charge in [-0.2, -0.15) is 20.2 Å². The highest BCUT2D eigenvalue weighted by molar-refractivity contribution is 6.14. The number of hydrogen-bond acceptors (Lipinski definition) is 4. The molecule has 222 valence electrons. The first-order chi connectivity index (χ1) is 23.8. The van der Waals surface area contributed by atoms with E-state index in [4.69, 9.17) is 15.0 Å². The smallest absolute Gasteiger partial charge is 0.240 e. The Kier molecular flexibility index (Phi) is 5.54. The Morgan fingerprint density at radius 3 is 1.60 bits per heavy atom. The van der Waals surface area contributed by atoms with E-state index in [1.165, 1.54) is 5.39 Å². The zero-order valence-corrected chi connectivity index (χ0v) is 25.5. The molecule has 48 heavy (non-hydrogen) atoms. The molecule has 0 saturated heterocycles. The van der Waals surface area contributed by atoms with Crippen molar-refractivity contribution in [2.45, 2.75) is 0 Å². The van der Waals surface area contributed by atoms with Gasteiger partial charge in [-0.25, -0.2) is 0 Å². The molecule has 0 atom stereocenters. The fraction of sp³-hybridized carbons (Fsp3) is 0. The third-order valence-electron chi connectivity index (χ3n) is 9.42. The minimum Gasteiger partial charge on any atom is -0.278 e. The summed E-state index contributed by atoms with van der Waals surface area (Å²) in [6.07, 6.45) is 0. The van der Waals surface area contributed by atoms with Crippen LogP contribution in [0, 0.1) is 11.3 Å². The molecule has 0 aliphatic rings. The summed E-state index contributed by atoms with van der Waals surface area (Å²) in [7, 11) is 0. The molecule has 3 heterocycles. The largest absolute Gasteiger partial charge is 0.278 e. The average Bonchev–Trinajstić information content (AvgIpc) is 3.67. The zero-order valence-electron chi connectivity index (χ0n) is 25.5. The van der Waals surface area contributed by atoms with Crippen LogP contribution in [0.4, 0.5) is 0 Å². The van der Waals surface area contributed by atoms with Crippen LogP contribution in [-0.4, -0.2) is 24.1 Å². The topological polar surface area (TPSA) is 72.3 Å². The van der Waals surface area contributed by atoms with Crippen molar-refractivity contribution >= 4 is 65.2 Å². The van der Waals surface area contributed by atoms with Crippen molar-refractivity contribution in [3.8, 4) is 29.4 Å². The van der Waals surface area contributed by atoms with E-state index in [9.17, 15) is 5.26 Å². The first-order valence-electron chi connectivity index (χ1n) is 15.9. The number of rotatable bonds is 3. The number of fused-ring (bicyclic) bond motifs is 9. The van der Waals surface area contributed by atoms with Crippen molar-refractivity contribution in [1.82, 2.24) is 24.1 Å². The Morgan fingerprint density at radius 1 is 0.438 bits per heavy atom. The molecule has 0 saturated carbocycles. The minimum atomic E-state index is 0.482. The molecule has 0 unspecified atom stereocenters. The zero-order chi connectivity index (χ0) is 31.8. The standard InChI is InChI=1S/C42H24N6/c43-25-27-13-11-23-38-39(27)33-19-7-10-22-37(33)48(38)42-45-40(34-24-26-12-1-2-14-28(26)29-15-3-4-16-30(29)34)44-41(46-42)47-35-20-8-5-17-31(35)32-18-6-9-21-36(32)47/h1-24H. The van der Waals surface area contributed by atoms with Crippen LogP contribution in [-0.2, 0) is 0 Å². The first-order valence-corrected chi connectivity index (χ1v) is 15.9.